The predicted molar refractivity (Wildman–Crippen MR) is 128 cm³/mol. The lowest BCUT2D eigenvalue weighted by atomic mass is 9.89. The maximum absolute atomic E-state index is 12.7. The molecule has 0 aromatic heterocycles. The molecular formula is C27H35F3N2O2. The lowest BCUT2D eigenvalue weighted by molar-refractivity contribution is -0.137. The molecule has 1 heterocycles. The topological polar surface area (TPSA) is 32.8 Å². The summed E-state index contributed by atoms with van der Waals surface area (Å²) in [6.07, 6.45) is -0.625. The number of nitrogens with zero attached hydrogens (tertiary/aromatic N) is 2. The summed E-state index contributed by atoms with van der Waals surface area (Å²) in [4.78, 5) is 16.7. The maximum Gasteiger partial charge on any atom is 0.416 e. The fourth-order valence-electron chi connectivity index (χ4n) is 4.42. The number of benzene rings is 2. The van der Waals surface area contributed by atoms with E-state index in [4.69, 9.17) is 4.74 Å². The van der Waals surface area contributed by atoms with Gasteiger partial charge < -0.3 is 14.5 Å². The fourth-order valence-corrected chi connectivity index (χ4v) is 4.42. The maximum atomic E-state index is 12.7. The highest BCUT2D eigenvalue weighted by atomic mass is 19.4. The van der Waals surface area contributed by atoms with Gasteiger partial charge in [0.15, 0.2) is 0 Å². The molecule has 1 aliphatic heterocycles. The molecule has 1 amide bonds. The molecule has 0 unspecified atom stereocenters. The summed E-state index contributed by atoms with van der Waals surface area (Å²) in [6.45, 7) is 8.77. The van der Waals surface area contributed by atoms with Crippen LogP contribution in [0.15, 0.2) is 48.5 Å². The number of ether oxygens (including phenoxy) is 1. The molecule has 0 spiro atoms. The summed E-state index contributed by atoms with van der Waals surface area (Å²) in [7, 11) is 0. The Bertz CT molecular complexity index is 890. The number of amides is 1. The first-order valence-electron chi connectivity index (χ1n) is 12.2. The zero-order chi connectivity index (χ0) is 24.6. The van der Waals surface area contributed by atoms with Crippen LogP contribution in [0.4, 0.5) is 13.2 Å². The van der Waals surface area contributed by atoms with E-state index in [2.05, 4.69) is 24.0 Å². The van der Waals surface area contributed by atoms with E-state index in [-0.39, 0.29) is 12.5 Å². The number of halogens is 3. The quantitative estimate of drug-likeness (QED) is 0.415. The monoisotopic (exact) mass is 476 g/mol. The van der Waals surface area contributed by atoms with Crippen molar-refractivity contribution in [1.29, 1.82) is 0 Å². The average Bonchev–Trinajstić information content (AvgIpc) is 2.85. The molecule has 2 aromatic carbocycles. The lowest BCUT2D eigenvalue weighted by Crippen LogP contribution is -2.38. The summed E-state index contributed by atoms with van der Waals surface area (Å²) in [6, 6.07) is 13.1. The number of likely N-dealkylation sites (tertiary alicyclic amines) is 1. The van der Waals surface area contributed by atoms with Crippen LogP contribution in [0, 0.1) is 0 Å². The molecule has 1 fully saturated rings. The predicted octanol–water partition coefficient (Wildman–Crippen LogP) is 6.11. The van der Waals surface area contributed by atoms with Crippen molar-refractivity contribution in [2.75, 3.05) is 32.7 Å². The molecule has 3 rings (SSSR count). The van der Waals surface area contributed by atoms with E-state index < -0.39 is 11.7 Å². The van der Waals surface area contributed by atoms with Crippen LogP contribution in [0.1, 0.15) is 62.1 Å². The highest BCUT2D eigenvalue weighted by Gasteiger charge is 2.30. The van der Waals surface area contributed by atoms with Crippen LogP contribution >= 0.6 is 0 Å². The molecule has 1 saturated heterocycles. The summed E-state index contributed by atoms with van der Waals surface area (Å²) < 4.78 is 43.8. The number of alkyl halides is 3. The van der Waals surface area contributed by atoms with Crippen molar-refractivity contribution >= 4 is 5.91 Å². The second-order valence-corrected chi connectivity index (χ2v) is 8.89. The summed E-state index contributed by atoms with van der Waals surface area (Å²) in [5.41, 5.74) is 1.31. The Morgan fingerprint density at radius 1 is 1.03 bits per heavy atom. The van der Waals surface area contributed by atoms with Crippen molar-refractivity contribution < 1.29 is 22.7 Å². The van der Waals surface area contributed by atoms with E-state index in [1.807, 2.05) is 24.0 Å². The van der Waals surface area contributed by atoms with Crippen LogP contribution in [0.25, 0.3) is 0 Å². The number of rotatable bonds is 10. The number of carbonyl (C=O) groups excluding carboxylic acids is 1. The molecule has 1 aliphatic rings. The fraction of sp³-hybridized carbons (Fsp3) is 0.519. The Labute approximate surface area is 200 Å². The van der Waals surface area contributed by atoms with E-state index in [9.17, 15) is 18.0 Å². The summed E-state index contributed by atoms with van der Waals surface area (Å²) >= 11 is 0. The molecule has 0 N–H and O–H groups in total. The molecule has 2 aromatic rings. The Morgan fingerprint density at radius 2 is 1.68 bits per heavy atom. The van der Waals surface area contributed by atoms with Crippen molar-refractivity contribution in [2.45, 2.75) is 58.2 Å². The Hall–Kier alpha value is -2.54. The lowest BCUT2D eigenvalue weighted by Gasteiger charge is -2.32. The van der Waals surface area contributed by atoms with Crippen molar-refractivity contribution in [3.63, 3.8) is 0 Å². The summed E-state index contributed by atoms with van der Waals surface area (Å²) in [5.74, 6) is 1.44. The Kier molecular flexibility index (Phi) is 9.39. The SMILES string of the molecule is CCCN(CC)C(=O)CCN1CCC(c2ccc(OCc3ccc(C(F)(F)F)cc3)cc2)CC1. The number of piperidine rings is 1. The van der Waals surface area contributed by atoms with Crippen LogP contribution in [0.2, 0.25) is 0 Å². The number of hydrogen-bond acceptors (Lipinski definition) is 3. The third kappa shape index (κ3) is 7.49. The van der Waals surface area contributed by atoms with E-state index in [1.165, 1.54) is 17.7 Å². The van der Waals surface area contributed by atoms with Gasteiger partial charge in [-0.1, -0.05) is 31.2 Å². The molecule has 0 aliphatic carbocycles. The van der Waals surface area contributed by atoms with Gasteiger partial charge in [-0.15, -0.1) is 0 Å². The Balaban J connectivity index is 1.42. The first-order chi connectivity index (χ1) is 16.3. The van der Waals surface area contributed by atoms with Gasteiger partial charge in [0.2, 0.25) is 5.91 Å². The van der Waals surface area contributed by atoms with Crippen LogP contribution in [-0.4, -0.2) is 48.4 Å². The molecule has 0 bridgehead atoms. The van der Waals surface area contributed by atoms with Gasteiger partial charge in [0.1, 0.15) is 12.4 Å². The molecular weight excluding hydrogens is 441 g/mol. The van der Waals surface area contributed by atoms with Gasteiger partial charge in [-0.25, -0.2) is 0 Å². The zero-order valence-electron chi connectivity index (χ0n) is 20.1. The van der Waals surface area contributed by atoms with E-state index in [1.54, 1.807) is 0 Å². The molecule has 186 valence electrons. The van der Waals surface area contributed by atoms with Gasteiger partial charge in [-0.2, -0.15) is 13.2 Å². The van der Waals surface area contributed by atoms with Crippen LogP contribution in [0.3, 0.4) is 0 Å². The van der Waals surface area contributed by atoms with Gasteiger partial charge in [0.25, 0.3) is 0 Å². The smallest absolute Gasteiger partial charge is 0.416 e. The average molecular weight is 477 g/mol. The largest absolute Gasteiger partial charge is 0.489 e. The third-order valence-corrected chi connectivity index (χ3v) is 6.50. The van der Waals surface area contributed by atoms with E-state index >= 15 is 0 Å². The molecule has 34 heavy (non-hydrogen) atoms. The van der Waals surface area contributed by atoms with Crippen molar-refractivity contribution in [3.05, 3.63) is 65.2 Å². The van der Waals surface area contributed by atoms with Gasteiger partial charge in [0.05, 0.1) is 5.56 Å². The molecule has 0 atom stereocenters. The molecule has 4 nitrogen and oxygen atoms in total. The third-order valence-electron chi connectivity index (χ3n) is 6.50. The molecule has 0 radical (unpaired) electrons. The van der Waals surface area contributed by atoms with Crippen LogP contribution < -0.4 is 4.74 Å². The van der Waals surface area contributed by atoms with Crippen molar-refractivity contribution in [3.8, 4) is 5.75 Å². The van der Waals surface area contributed by atoms with Crippen molar-refractivity contribution in [1.82, 2.24) is 9.80 Å². The minimum absolute atomic E-state index is 0.225. The Morgan fingerprint density at radius 3 is 2.24 bits per heavy atom. The highest BCUT2D eigenvalue weighted by molar-refractivity contribution is 5.76. The van der Waals surface area contributed by atoms with Gasteiger partial charge in [-0.3, -0.25) is 4.79 Å². The van der Waals surface area contributed by atoms with Crippen LogP contribution in [0.5, 0.6) is 5.75 Å². The first kappa shape index (κ1) is 26.1. The van der Waals surface area contributed by atoms with E-state index in [0.29, 0.717) is 23.7 Å². The van der Waals surface area contributed by atoms with Crippen molar-refractivity contribution in [2.24, 2.45) is 0 Å². The molecule has 0 saturated carbocycles. The zero-order valence-corrected chi connectivity index (χ0v) is 20.1. The van der Waals surface area contributed by atoms with E-state index in [0.717, 1.165) is 64.1 Å². The standard InChI is InChI=1S/C27H35F3N2O2/c1-3-16-32(4-2)26(33)15-19-31-17-13-23(14-18-31)22-7-11-25(12-8-22)34-20-21-5-9-24(10-6-21)27(28,29)30/h5-12,23H,3-4,13-20H2,1-2H3. The van der Waals surface area contributed by atoms with Crippen LogP contribution in [-0.2, 0) is 17.6 Å². The summed E-state index contributed by atoms with van der Waals surface area (Å²) in [5, 5.41) is 0. The second kappa shape index (κ2) is 12.2. The first-order valence-corrected chi connectivity index (χ1v) is 12.2. The van der Waals surface area contributed by atoms with Gasteiger partial charge in [-0.05, 0) is 80.6 Å². The minimum atomic E-state index is -4.33. The second-order valence-electron chi connectivity index (χ2n) is 8.89. The molecule has 7 heteroatoms. The number of hydrogen-bond donors (Lipinski definition) is 0. The minimum Gasteiger partial charge on any atom is -0.489 e. The van der Waals surface area contributed by atoms with Gasteiger partial charge in [0, 0.05) is 26.1 Å². The normalized spacial score (nSPS) is 15.3. The van der Waals surface area contributed by atoms with Gasteiger partial charge >= 0.3 is 6.18 Å². The highest BCUT2D eigenvalue weighted by Crippen LogP contribution is 2.30. The number of carbonyl (C=O) groups is 1.